The Hall–Kier alpha value is -2.89. The summed E-state index contributed by atoms with van der Waals surface area (Å²) in [7, 11) is 0. The third-order valence-corrected chi connectivity index (χ3v) is 4.82. The van der Waals surface area contributed by atoms with E-state index in [1.54, 1.807) is 12.3 Å². The van der Waals surface area contributed by atoms with Gasteiger partial charge in [-0.25, -0.2) is 0 Å². The van der Waals surface area contributed by atoms with Crippen LogP contribution in [0, 0.1) is 0 Å². The number of aryl methyl sites for hydroxylation is 1. The summed E-state index contributed by atoms with van der Waals surface area (Å²) >= 11 is 0. The summed E-state index contributed by atoms with van der Waals surface area (Å²) in [4.78, 5) is 30.4. The molecule has 1 unspecified atom stereocenters. The van der Waals surface area contributed by atoms with E-state index >= 15 is 0 Å². The number of fused-ring (bicyclic) bond motifs is 1. The number of carbonyl (C=O) groups excluding carboxylic acids is 2. The van der Waals surface area contributed by atoms with Crippen molar-refractivity contribution in [3.05, 3.63) is 59.4 Å². The van der Waals surface area contributed by atoms with Gasteiger partial charge in [0.05, 0.1) is 12.6 Å². The van der Waals surface area contributed by atoms with E-state index in [2.05, 4.69) is 27.8 Å². The zero-order valence-electron chi connectivity index (χ0n) is 13.9. The molecule has 1 fully saturated rings. The fraction of sp³-hybridized carbons (Fsp3) is 0.316. The van der Waals surface area contributed by atoms with E-state index in [1.165, 1.54) is 11.1 Å². The number of benzene rings is 1. The molecular formula is C19H20N4O2. The van der Waals surface area contributed by atoms with Crippen LogP contribution in [0.1, 0.15) is 34.1 Å². The minimum Gasteiger partial charge on any atom is -0.360 e. The standard InChI is InChI=1S/C19H20N4O2/c24-18-12-23(10-9-21-18)14-7-8-20-17(11-14)19(25)22-16-6-5-13-3-1-2-4-15(13)16/h1-4,7-8,11,16H,5-6,9-10,12H2,(H,21,24)(H,22,25). The minimum absolute atomic E-state index is 0.00312. The second-order valence-corrected chi connectivity index (χ2v) is 6.43. The Morgan fingerprint density at radius 3 is 3.04 bits per heavy atom. The minimum atomic E-state index is -0.176. The van der Waals surface area contributed by atoms with Gasteiger partial charge < -0.3 is 15.5 Å². The van der Waals surface area contributed by atoms with Gasteiger partial charge in [-0.1, -0.05) is 24.3 Å². The first-order valence-corrected chi connectivity index (χ1v) is 8.57. The van der Waals surface area contributed by atoms with Crippen molar-refractivity contribution in [2.24, 2.45) is 0 Å². The lowest BCUT2D eigenvalue weighted by molar-refractivity contribution is -0.120. The summed E-state index contributed by atoms with van der Waals surface area (Å²) in [6.07, 6.45) is 3.52. The van der Waals surface area contributed by atoms with E-state index in [4.69, 9.17) is 0 Å². The summed E-state index contributed by atoms with van der Waals surface area (Å²) in [5.41, 5.74) is 3.73. The van der Waals surface area contributed by atoms with Crippen LogP contribution in [0.25, 0.3) is 0 Å². The van der Waals surface area contributed by atoms with Gasteiger partial charge in [0.1, 0.15) is 5.69 Å². The molecular weight excluding hydrogens is 316 g/mol. The summed E-state index contributed by atoms with van der Waals surface area (Å²) in [5, 5.41) is 5.89. The maximum absolute atomic E-state index is 12.6. The van der Waals surface area contributed by atoms with Crippen molar-refractivity contribution in [3.8, 4) is 0 Å². The van der Waals surface area contributed by atoms with Crippen molar-refractivity contribution in [3.63, 3.8) is 0 Å². The molecule has 25 heavy (non-hydrogen) atoms. The maximum atomic E-state index is 12.6. The number of hydrogen-bond acceptors (Lipinski definition) is 4. The molecule has 0 spiro atoms. The second kappa shape index (κ2) is 6.55. The molecule has 0 saturated carbocycles. The van der Waals surface area contributed by atoms with Crippen molar-refractivity contribution >= 4 is 17.5 Å². The van der Waals surface area contributed by atoms with Crippen LogP contribution in [0.2, 0.25) is 0 Å². The van der Waals surface area contributed by atoms with Crippen molar-refractivity contribution in [1.82, 2.24) is 15.6 Å². The highest BCUT2D eigenvalue weighted by Crippen LogP contribution is 2.30. The topological polar surface area (TPSA) is 74.3 Å². The third kappa shape index (κ3) is 3.20. The van der Waals surface area contributed by atoms with Crippen LogP contribution in [0.4, 0.5) is 5.69 Å². The van der Waals surface area contributed by atoms with Crippen LogP contribution in [-0.2, 0) is 11.2 Å². The molecule has 6 heteroatoms. The highest BCUT2D eigenvalue weighted by molar-refractivity contribution is 5.93. The largest absolute Gasteiger partial charge is 0.360 e. The molecule has 1 atom stereocenters. The number of amides is 2. The molecule has 1 saturated heterocycles. The normalized spacial score (nSPS) is 19.3. The van der Waals surface area contributed by atoms with Crippen molar-refractivity contribution in [2.75, 3.05) is 24.5 Å². The van der Waals surface area contributed by atoms with Crippen molar-refractivity contribution in [1.29, 1.82) is 0 Å². The lowest BCUT2D eigenvalue weighted by atomic mass is 10.1. The maximum Gasteiger partial charge on any atom is 0.270 e. The second-order valence-electron chi connectivity index (χ2n) is 6.43. The molecule has 2 heterocycles. The fourth-order valence-corrected chi connectivity index (χ4v) is 3.54. The monoisotopic (exact) mass is 336 g/mol. The first kappa shape index (κ1) is 15.6. The first-order valence-electron chi connectivity index (χ1n) is 8.57. The number of rotatable bonds is 3. The summed E-state index contributed by atoms with van der Waals surface area (Å²) in [5.74, 6) is -0.179. The molecule has 1 aliphatic heterocycles. The Morgan fingerprint density at radius 2 is 2.16 bits per heavy atom. The molecule has 1 aliphatic carbocycles. The highest BCUT2D eigenvalue weighted by atomic mass is 16.2. The predicted octanol–water partition coefficient (Wildman–Crippen LogP) is 1.44. The lowest BCUT2D eigenvalue weighted by Gasteiger charge is -2.28. The van der Waals surface area contributed by atoms with E-state index in [0.717, 1.165) is 25.1 Å². The van der Waals surface area contributed by atoms with Crippen molar-refractivity contribution in [2.45, 2.75) is 18.9 Å². The Morgan fingerprint density at radius 1 is 1.28 bits per heavy atom. The Kier molecular flexibility index (Phi) is 4.09. The number of hydrogen-bond donors (Lipinski definition) is 2. The van der Waals surface area contributed by atoms with Crippen LogP contribution < -0.4 is 15.5 Å². The van der Waals surface area contributed by atoms with Gasteiger partial charge in [-0.3, -0.25) is 14.6 Å². The van der Waals surface area contributed by atoms with Crippen LogP contribution >= 0.6 is 0 Å². The molecule has 2 N–H and O–H groups in total. The van der Waals surface area contributed by atoms with E-state index in [9.17, 15) is 9.59 Å². The quantitative estimate of drug-likeness (QED) is 0.889. The zero-order chi connectivity index (χ0) is 17.2. The highest BCUT2D eigenvalue weighted by Gasteiger charge is 2.24. The van der Waals surface area contributed by atoms with Gasteiger partial charge in [-0.2, -0.15) is 0 Å². The molecule has 0 bridgehead atoms. The Bertz CT molecular complexity index is 821. The molecule has 128 valence electrons. The summed E-state index contributed by atoms with van der Waals surface area (Å²) in [6, 6.07) is 11.8. The number of pyridine rings is 1. The number of anilines is 1. The van der Waals surface area contributed by atoms with E-state index < -0.39 is 0 Å². The van der Waals surface area contributed by atoms with Gasteiger partial charge in [-0.15, -0.1) is 0 Å². The SMILES string of the molecule is O=C1CN(c2ccnc(C(=O)NC3CCc4ccccc43)c2)CCN1. The number of carbonyl (C=O) groups is 2. The summed E-state index contributed by atoms with van der Waals surface area (Å²) < 4.78 is 0. The molecule has 4 rings (SSSR count). The fourth-order valence-electron chi connectivity index (χ4n) is 3.54. The molecule has 2 aromatic rings. The van der Waals surface area contributed by atoms with Crippen LogP contribution in [-0.4, -0.2) is 36.4 Å². The molecule has 6 nitrogen and oxygen atoms in total. The third-order valence-electron chi connectivity index (χ3n) is 4.82. The van der Waals surface area contributed by atoms with Gasteiger partial charge in [0.15, 0.2) is 0 Å². The van der Waals surface area contributed by atoms with Gasteiger partial charge >= 0.3 is 0 Å². The van der Waals surface area contributed by atoms with Crippen LogP contribution in [0.3, 0.4) is 0 Å². The Balaban J connectivity index is 1.49. The number of nitrogens with zero attached hydrogens (tertiary/aromatic N) is 2. The van der Waals surface area contributed by atoms with Gasteiger partial charge in [-0.05, 0) is 36.1 Å². The van der Waals surface area contributed by atoms with Crippen molar-refractivity contribution < 1.29 is 9.59 Å². The van der Waals surface area contributed by atoms with Gasteiger partial charge in [0.2, 0.25) is 5.91 Å². The lowest BCUT2D eigenvalue weighted by Crippen LogP contribution is -2.47. The van der Waals surface area contributed by atoms with Gasteiger partial charge in [0, 0.05) is 25.0 Å². The van der Waals surface area contributed by atoms with Gasteiger partial charge in [0.25, 0.3) is 5.91 Å². The number of nitrogens with one attached hydrogen (secondary N) is 2. The average molecular weight is 336 g/mol. The van der Waals surface area contributed by atoms with E-state index in [0.29, 0.717) is 18.8 Å². The van der Waals surface area contributed by atoms with E-state index in [1.807, 2.05) is 23.1 Å². The first-order chi connectivity index (χ1) is 12.2. The molecule has 2 amide bonds. The number of aromatic nitrogens is 1. The van der Waals surface area contributed by atoms with Crippen LogP contribution in [0.15, 0.2) is 42.6 Å². The zero-order valence-corrected chi connectivity index (χ0v) is 13.9. The molecule has 1 aromatic carbocycles. The predicted molar refractivity (Wildman–Crippen MR) is 94.4 cm³/mol. The number of piperazine rings is 1. The smallest absolute Gasteiger partial charge is 0.270 e. The summed E-state index contributed by atoms with van der Waals surface area (Å²) in [6.45, 7) is 1.65. The van der Waals surface area contributed by atoms with Crippen LogP contribution in [0.5, 0.6) is 0 Å². The van der Waals surface area contributed by atoms with E-state index in [-0.39, 0.29) is 17.9 Å². The Labute approximate surface area is 146 Å². The molecule has 2 aliphatic rings. The average Bonchev–Trinajstić information content (AvgIpc) is 3.05. The molecule has 1 aromatic heterocycles. The molecule has 0 radical (unpaired) electrons.